The van der Waals surface area contributed by atoms with Crippen molar-refractivity contribution in [3.8, 4) is 16.9 Å². The van der Waals surface area contributed by atoms with Crippen molar-refractivity contribution in [3.63, 3.8) is 0 Å². The summed E-state index contributed by atoms with van der Waals surface area (Å²) >= 11 is 0. The lowest BCUT2D eigenvalue weighted by Crippen LogP contribution is -2.35. The Balaban J connectivity index is 2.13. The average molecular weight is 327 g/mol. The lowest BCUT2D eigenvalue weighted by molar-refractivity contribution is -0.663. The fourth-order valence-electron chi connectivity index (χ4n) is 3.51. The summed E-state index contributed by atoms with van der Waals surface area (Å²) in [6, 6.07) is 19.2. The zero-order chi connectivity index (χ0) is 17.4. The third-order valence-corrected chi connectivity index (χ3v) is 4.80. The predicted octanol–water partition coefficient (Wildman–Crippen LogP) is 3.62. The highest BCUT2D eigenvalue weighted by atomic mass is 15.0. The summed E-state index contributed by atoms with van der Waals surface area (Å²) in [4.78, 5) is 4.23. The average Bonchev–Trinajstić information content (AvgIpc) is 2.63. The number of hydrogen-bond donors (Lipinski definition) is 0. The number of pyridine rings is 1. The molecule has 0 saturated carbocycles. The first-order chi connectivity index (χ1) is 12.2. The van der Waals surface area contributed by atoms with Crippen LogP contribution in [0.2, 0.25) is 0 Å². The van der Waals surface area contributed by atoms with Gasteiger partial charge < -0.3 is 0 Å². The molecule has 0 radical (unpaired) electrons. The lowest BCUT2D eigenvalue weighted by atomic mass is 9.95. The van der Waals surface area contributed by atoms with Gasteiger partial charge in [0.25, 0.3) is 6.33 Å². The normalized spacial score (nSPS) is 11.0. The van der Waals surface area contributed by atoms with E-state index in [-0.39, 0.29) is 0 Å². The molecule has 0 spiro atoms. The molecule has 0 aliphatic carbocycles. The third kappa shape index (κ3) is 2.58. The van der Waals surface area contributed by atoms with E-state index in [1.165, 1.54) is 39.0 Å². The van der Waals surface area contributed by atoms with Crippen LogP contribution in [0, 0.1) is 13.8 Å². The first-order valence-corrected chi connectivity index (χ1v) is 8.47. The van der Waals surface area contributed by atoms with Gasteiger partial charge in [-0.15, -0.1) is 0 Å². The fraction of sp³-hybridized carbons (Fsp3) is 0.136. The first-order valence-electron chi connectivity index (χ1n) is 8.47. The highest BCUT2D eigenvalue weighted by molar-refractivity contribution is 5.98. The molecule has 2 aromatic carbocycles. The van der Waals surface area contributed by atoms with E-state index in [0.29, 0.717) is 0 Å². The van der Waals surface area contributed by atoms with Gasteiger partial charge in [-0.2, -0.15) is 4.57 Å². The fourth-order valence-corrected chi connectivity index (χ4v) is 3.51. The second-order valence-electron chi connectivity index (χ2n) is 6.41. The van der Waals surface area contributed by atoms with Gasteiger partial charge in [-0.05, 0) is 17.7 Å². The van der Waals surface area contributed by atoms with E-state index in [9.17, 15) is 0 Å². The zero-order valence-corrected chi connectivity index (χ0v) is 14.8. The number of nitrogens with zero attached hydrogens (tertiary/aromatic N) is 3. The molecule has 2 aromatic heterocycles. The molecule has 2 heterocycles. The van der Waals surface area contributed by atoms with Gasteiger partial charge in [0.2, 0.25) is 5.69 Å². The van der Waals surface area contributed by atoms with E-state index in [4.69, 9.17) is 0 Å². The molecule has 0 unspecified atom stereocenters. The number of aryl methyl sites for hydroxylation is 2. The highest BCUT2D eigenvalue weighted by Crippen LogP contribution is 2.32. The predicted molar refractivity (Wildman–Crippen MR) is 99.4 cm³/mol. The summed E-state index contributed by atoms with van der Waals surface area (Å²) in [6.07, 6.45) is 5.84. The van der Waals surface area contributed by atoms with Gasteiger partial charge in [0.05, 0.1) is 7.05 Å². The van der Waals surface area contributed by atoms with Crippen molar-refractivity contribution in [1.82, 2.24) is 4.98 Å². The van der Waals surface area contributed by atoms with Gasteiger partial charge in [0, 0.05) is 42.3 Å². The van der Waals surface area contributed by atoms with Crippen molar-refractivity contribution in [2.24, 2.45) is 7.05 Å². The van der Waals surface area contributed by atoms with Crippen molar-refractivity contribution in [2.45, 2.75) is 13.8 Å². The summed E-state index contributed by atoms with van der Waals surface area (Å²) in [6.45, 7) is 4.34. The maximum atomic E-state index is 4.23. The summed E-state index contributed by atoms with van der Waals surface area (Å²) in [5, 5.41) is 2.50. The second-order valence-corrected chi connectivity index (χ2v) is 6.41. The quantitative estimate of drug-likeness (QED) is 0.515. The molecule has 3 heteroatoms. The Hall–Kier alpha value is -3.07. The molecule has 0 aliphatic rings. The standard InChI is InChI=1S/C22H21N3/c1-16-8-6-7-13-25(16)21-14-18-9-4-5-10-19(18)22(17(21)2)20-11-12-23-15-24(20)3/h4-15H,1-3H3/q+2. The maximum Gasteiger partial charge on any atom is 0.286 e. The minimum atomic E-state index is 1.17. The first kappa shape index (κ1) is 15.5. The molecule has 122 valence electrons. The molecule has 0 amide bonds. The monoisotopic (exact) mass is 327 g/mol. The van der Waals surface area contributed by atoms with Gasteiger partial charge >= 0.3 is 0 Å². The molecule has 25 heavy (non-hydrogen) atoms. The summed E-state index contributed by atoms with van der Waals surface area (Å²) in [5.74, 6) is 0. The minimum absolute atomic E-state index is 1.17. The summed E-state index contributed by atoms with van der Waals surface area (Å²) in [5.41, 5.74) is 6.11. The van der Waals surface area contributed by atoms with Crippen LogP contribution in [-0.4, -0.2) is 4.98 Å². The van der Waals surface area contributed by atoms with Crippen LogP contribution in [-0.2, 0) is 7.05 Å². The van der Waals surface area contributed by atoms with Crippen LogP contribution in [0.25, 0.3) is 27.7 Å². The Kier molecular flexibility index (Phi) is 3.77. The molecule has 3 nitrogen and oxygen atoms in total. The van der Waals surface area contributed by atoms with Crippen LogP contribution in [0.15, 0.2) is 73.3 Å². The van der Waals surface area contributed by atoms with Crippen LogP contribution >= 0.6 is 0 Å². The van der Waals surface area contributed by atoms with Crippen molar-refractivity contribution < 1.29 is 9.13 Å². The summed E-state index contributed by atoms with van der Waals surface area (Å²) < 4.78 is 4.34. The molecule has 0 bridgehead atoms. The molecular formula is C22H21N3+2. The van der Waals surface area contributed by atoms with E-state index < -0.39 is 0 Å². The van der Waals surface area contributed by atoms with Gasteiger partial charge in [-0.25, -0.2) is 4.57 Å². The van der Waals surface area contributed by atoms with Crippen molar-refractivity contribution in [3.05, 3.63) is 84.6 Å². The molecule has 4 aromatic rings. The number of rotatable bonds is 2. The lowest BCUT2D eigenvalue weighted by Gasteiger charge is -2.13. The topological polar surface area (TPSA) is 20.6 Å². The van der Waals surface area contributed by atoms with Gasteiger partial charge in [0.1, 0.15) is 11.9 Å². The molecular weight excluding hydrogens is 306 g/mol. The van der Waals surface area contributed by atoms with Crippen LogP contribution in [0.5, 0.6) is 0 Å². The van der Waals surface area contributed by atoms with E-state index in [1.807, 2.05) is 19.6 Å². The number of benzene rings is 2. The minimum Gasteiger partial charge on any atom is -0.233 e. The van der Waals surface area contributed by atoms with E-state index >= 15 is 0 Å². The SMILES string of the molecule is Cc1c(-[n+]2ccccc2C)cc2ccccc2c1-c1ccnc[n+]1C. The molecule has 0 saturated heterocycles. The Labute approximate surface area is 147 Å². The largest absolute Gasteiger partial charge is 0.286 e. The van der Waals surface area contributed by atoms with Crippen LogP contribution in [0.4, 0.5) is 0 Å². The van der Waals surface area contributed by atoms with E-state index in [1.54, 1.807) is 0 Å². The van der Waals surface area contributed by atoms with E-state index in [2.05, 4.69) is 88.8 Å². The molecule has 4 rings (SSSR count). The van der Waals surface area contributed by atoms with Crippen LogP contribution in [0.1, 0.15) is 11.3 Å². The zero-order valence-electron chi connectivity index (χ0n) is 14.8. The Morgan fingerprint density at radius 2 is 1.72 bits per heavy atom. The molecule has 0 atom stereocenters. The Morgan fingerprint density at radius 1 is 0.920 bits per heavy atom. The van der Waals surface area contributed by atoms with Gasteiger partial charge in [0.15, 0.2) is 11.9 Å². The Bertz CT molecular complexity index is 1080. The van der Waals surface area contributed by atoms with Crippen LogP contribution in [0.3, 0.4) is 0 Å². The van der Waals surface area contributed by atoms with Crippen LogP contribution < -0.4 is 9.13 Å². The smallest absolute Gasteiger partial charge is 0.233 e. The molecule has 0 fully saturated rings. The molecule has 0 aliphatic heterocycles. The van der Waals surface area contributed by atoms with Crippen molar-refractivity contribution in [2.75, 3.05) is 0 Å². The summed E-state index contributed by atoms with van der Waals surface area (Å²) in [7, 11) is 2.05. The highest BCUT2D eigenvalue weighted by Gasteiger charge is 2.22. The molecule has 0 N–H and O–H groups in total. The van der Waals surface area contributed by atoms with Gasteiger partial charge in [-0.1, -0.05) is 35.3 Å². The third-order valence-electron chi connectivity index (χ3n) is 4.80. The van der Waals surface area contributed by atoms with Crippen molar-refractivity contribution in [1.29, 1.82) is 0 Å². The maximum absolute atomic E-state index is 4.23. The Morgan fingerprint density at radius 3 is 2.52 bits per heavy atom. The number of fused-ring (bicyclic) bond motifs is 1. The van der Waals surface area contributed by atoms with Crippen molar-refractivity contribution >= 4 is 10.8 Å². The number of hydrogen-bond acceptors (Lipinski definition) is 1. The second kappa shape index (κ2) is 6.10. The van der Waals surface area contributed by atoms with Gasteiger partial charge in [-0.3, -0.25) is 0 Å². The van der Waals surface area contributed by atoms with E-state index in [0.717, 1.165) is 0 Å². The number of aromatic nitrogens is 3.